The van der Waals surface area contributed by atoms with E-state index in [0.717, 1.165) is 12.8 Å². The van der Waals surface area contributed by atoms with Gasteiger partial charge in [-0.3, -0.25) is 0 Å². The Morgan fingerprint density at radius 2 is 2.17 bits per heavy atom. The number of hydrogen-bond donors (Lipinski definition) is 1. The molecule has 0 aliphatic heterocycles. The van der Waals surface area contributed by atoms with Crippen LogP contribution in [0.15, 0.2) is 0 Å². The lowest BCUT2D eigenvalue weighted by Crippen LogP contribution is -2.26. The molecule has 0 spiro atoms. The molecule has 0 unspecified atom stereocenters. The number of methoxy groups -OCH3 is 1. The van der Waals surface area contributed by atoms with Gasteiger partial charge in [-0.15, -0.1) is 0 Å². The van der Waals surface area contributed by atoms with E-state index in [0.29, 0.717) is 19.8 Å². The van der Waals surface area contributed by atoms with Crippen LogP contribution in [0.1, 0.15) is 19.8 Å². The van der Waals surface area contributed by atoms with Gasteiger partial charge >= 0.3 is 6.09 Å². The number of nitrogens with one attached hydrogen (secondary N) is 1. The maximum absolute atomic E-state index is 10.8. The van der Waals surface area contributed by atoms with Gasteiger partial charge in [-0.2, -0.15) is 0 Å². The van der Waals surface area contributed by atoms with Crippen LogP contribution in [0, 0.1) is 0 Å². The van der Waals surface area contributed by atoms with E-state index in [4.69, 9.17) is 9.47 Å². The molecular formula is C8H17NO3. The molecule has 4 nitrogen and oxygen atoms in total. The van der Waals surface area contributed by atoms with E-state index >= 15 is 0 Å². The first kappa shape index (κ1) is 11.2. The molecule has 0 rings (SSSR count). The Balaban J connectivity index is 3.10. The second-order valence-corrected chi connectivity index (χ2v) is 2.41. The average Bonchev–Trinajstić information content (AvgIpc) is 2.06. The molecule has 0 saturated heterocycles. The van der Waals surface area contributed by atoms with Crippen LogP contribution >= 0.6 is 0 Å². The van der Waals surface area contributed by atoms with Crippen molar-refractivity contribution >= 4 is 6.09 Å². The van der Waals surface area contributed by atoms with Gasteiger partial charge in [0.1, 0.15) is 6.61 Å². The summed E-state index contributed by atoms with van der Waals surface area (Å²) in [7, 11) is 1.57. The van der Waals surface area contributed by atoms with Crippen LogP contribution in [0.5, 0.6) is 0 Å². The van der Waals surface area contributed by atoms with Crippen molar-refractivity contribution in [3.05, 3.63) is 0 Å². The molecule has 0 saturated carbocycles. The number of unbranched alkanes of at least 4 members (excludes halogenated alkanes) is 1. The van der Waals surface area contributed by atoms with Gasteiger partial charge in [0.15, 0.2) is 0 Å². The summed E-state index contributed by atoms with van der Waals surface area (Å²) in [6, 6.07) is 0. The molecule has 0 aliphatic rings. The Morgan fingerprint density at radius 3 is 2.75 bits per heavy atom. The molecule has 4 heteroatoms. The molecule has 0 fully saturated rings. The van der Waals surface area contributed by atoms with Gasteiger partial charge in [0.25, 0.3) is 0 Å². The minimum atomic E-state index is -0.361. The van der Waals surface area contributed by atoms with Crippen molar-refractivity contribution in [2.75, 3.05) is 26.9 Å². The van der Waals surface area contributed by atoms with E-state index in [2.05, 4.69) is 12.2 Å². The molecule has 0 aliphatic carbocycles. The molecule has 0 aromatic heterocycles. The zero-order chi connectivity index (χ0) is 9.23. The molecule has 1 N–H and O–H groups in total. The van der Waals surface area contributed by atoms with Crippen molar-refractivity contribution in [2.45, 2.75) is 19.8 Å². The molecule has 0 aromatic rings. The average molecular weight is 175 g/mol. The van der Waals surface area contributed by atoms with Crippen molar-refractivity contribution < 1.29 is 14.3 Å². The minimum absolute atomic E-state index is 0.314. The monoisotopic (exact) mass is 175 g/mol. The van der Waals surface area contributed by atoms with E-state index in [1.54, 1.807) is 7.11 Å². The molecular weight excluding hydrogens is 158 g/mol. The smallest absolute Gasteiger partial charge is 0.407 e. The molecule has 0 heterocycles. The molecule has 72 valence electrons. The zero-order valence-corrected chi connectivity index (χ0v) is 7.76. The summed E-state index contributed by atoms with van der Waals surface area (Å²) < 4.78 is 9.47. The van der Waals surface area contributed by atoms with Crippen molar-refractivity contribution in [2.24, 2.45) is 0 Å². The molecule has 0 atom stereocenters. The van der Waals surface area contributed by atoms with Crippen LogP contribution in [0.2, 0.25) is 0 Å². The van der Waals surface area contributed by atoms with Crippen molar-refractivity contribution in [3.63, 3.8) is 0 Å². The predicted octanol–water partition coefficient (Wildman–Crippen LogP) is 1.16. The fraction of sp³-hybridized carbons (Fsp3) is 0.875. The second-order valence-electron chi connectivity index (χ2n) is 2.41. The third-order valence-electron chi connectivity index (χ3n) is 1.32. The number of amides is 1. The first-order valence-corrected chi connectivity index (χ1v) is 4.20. The molecule has 12 heavy (non-hydrogen) atoms. The van der Waals surface area contributed by atoms with Gasteiger partial charge in [0, 0.05) is 13.7 Å². The summed E-state index contributed by atoms with van der Waals surface area (Å²) in [6.07, 6.45) is 1.69. The summed E-state index contributed by atoms with van der Waals surface area (Å²) in [5.74, 6) is 0. The third kappa shape index (κ3) is 7.34. The zero-order valence-electron chi connectivity index (χ0n) is 7.76. The van der Waals surface area contributed by atoms with Crippen LogP contribution in [0.3, 0.4) is 0 Å². The van der Waals surface area contributed by atoms with Gasteiger partial charge in [0.2, 0.25) is 0 Å². The highest BCUT2D eigenvalue weighted by atomic mass is 16.6. The van der Waals surface area contributed by atoms with Gasteiger partial charge in [-0.05, 0) is 6.42 Å². The number of carbonyl (C=O) groups excluding carboxylic acids is 1. The Kier molecular flexibility index (Phi) is 7.79. The lowest BCUT2D eigenvalue weighted by molar-refractivity contribution is 0.0985. The van der Waals surface area contributed by atoms with E-state index in [-0.39, 0.29) is 6.09 Å². The Hall–Kier alpha value is -0.770. The Labute approximate surface area is 73.2 Å². The first-order chi connectivity index (χ1) is 5.81. The summed E-state index contributed by atoms with van der Waals surface area (Å²) in [6.45, 7) is 3.51. The van der Waals surface area contributed by atoms with E-state index in [9.17, 15) is 4.79 Å². The number of ether oxygens (including phenoxy) is 2. The maximum Gasteiger partial charge on any atom is 0.407 e. The topological polar surface area (TPSA) is 47.6 Å². The first-order valence-electron chi connectivity index (χ1n) is 4.20. The quantitative estimate of drug-likeness (QED) is 0.616. The maximum atomic E-state index is 10.8. The van der Waals surface area contributed by atoms with Gasteiger partial charge in [-0.1, -0.05) is 13.3 Å². The number of rotatable bonds is 6. The van der Waals surface area contributed by atoms with Gasteiger partial charge < -0.3 is 14.8 Å². The van der Waals surface area contributed by atoms with Crippen LogP contribution in [0.25, 0.3) is 0 Å². The summed E-state index contributed by atoms with van der Waals surface area (Å²) in [5.41, 5.74) is 0. The Bertz CT molecular complexity index is 105. The molecule has 0 aromatic carbocycles. The highest BCUT2D eigenvalue weighted by Crippen LogP contribution is 1.84. The van der Waals surface area contributed by atoms with Crippen molar-refractivity contribution in [1.82, 2.24) is 5.32 Å². The Morgan fingerprint density at radius 1 is 1.42 bits per heavy atom. The fourth-order valence-electron chi connectivity index (χ4n) is 0.636. The second kappa shape index (κ2) is 8.33. The van der Waals surface area contributed by atoms with Crippen molar-refractivity contribution in [1.29, 1.82) is 0 Å². The summed E-state index contributed by atoms with van der Waals surface area (Å²) >= 11 is 0. The predicted molar refractivity (Wildman–Crippen MR) is 46.1 cm³/mol. The molecule has 1 amide bonds. The van der Waals surface area contributed by atoms with Crippen LogP contribution < -0.4 is 5.32 Å². The van der Waals surface area contributed by atoms with Crippen LogP contribution in [0.4, 0.5) is 4.79 Å². The summed E-state index contributed by atoms with van der Waals surface area (Å²) in [4.78, 5) is 10.8. The van der Waals surface area contributed by atoms with E-state index < -0.39 is 0 Å². The van der Waals surface area contributed by atoms with E-state index in [1.165, 1.54) is 0 Å². The minimum Gasteiger partial charge on any atom is -0.447 e. The SMILES string of the molecule is CCCCNC(=O)OCCOC. The van der Waals surface area contributed by atoms with Crippen LogP contribution in [-0.4, -0.2) is 33.0 Å². The standard InChI is InChI=1S/C8H17NO3/c1-3-4-5-9-8(10)12-7-6-11-2/h3-7H2,1-2H3,(H,9,10). The third-order valence-corrected chi connectivity index (χ3v) is 1.32. The van der Waals surface area contributed by atoms with E-state index in [1.807, 2.05) is 0 Å². The van der Waals surface area contributed by atoms with Gasteiger partial charge in [-0.25, -0.2) is 4.79 Å². The van der Waals surface area contributed by atoms with Crippen LogP contribution in [-0.2, 0) is 9.47 Å². The van der Waals surface area contributed by atoms with Crippen molar-refractivity contribution in [3.8, 4) is 0 Å². The largest absolute Gasteiger partial charge is 0.447 e. The molecule has 0 radical (unpaired) electrons. The highest BCUT2D eigenvalue weighted by Gasteiger charge is 1.98. The number of carbonyl (C=O) groups is 1. The number of alkyl carbamates (subject to hydrolysis) is 1. The molecule has 0 bridgehead atoms. The highest BCUT2D eigenvalue weighted by molar-refractivity contribution is 5.66. The lowest BCUT2D eigenvalue weighted by atomic mass is 10.3. The normalized spacial score (nSPS) is 9.50. The fourth-order valence-corrected chi connectivity index (χ4v) is 0.636. The lowest BCUT2D eigenvalue weighted by Gasteiger charge is -2.04. The number of hydrogen-bond acceptors (Lipinski definition) is 3. The summed E-state index contributed by atoms with van der Waals surface area (Å²) in [5, 5.41) is 2.63. The van der Waals surface area contributed by atoms with Gasteiger partial charge in [0.05, 0.1) is 6.61 Å².